The van der Waals surface area contributed by atoms with Crippen LogP contribution in [0, 0.1) is 0 Å². The third kappa shape index (κ3) is 4.91. The number of nitrogens with one attached hydrogen (secondary N) is 2. The van der Waals surface area contributed by atoms with Crippen molar-refractivity contribution in [3.63, 3.8) is 0 Å². The quantitative estimate of drug-likeness (QED) is 0.533. The summed E-state index contributed by atoms with van der Waals surface area (Å²) in [5.41, 5.74) is 3.41. The SMILES string of the molecule is O=C(CC1CC=C(c2csc(NC(=O)Cc3ccccc3)n2)S1)NO. The minimum atomic E-state index is -0.390. The molecule has 0 bridgehead atoms. The van der Waals surface area contributed by atoms with E-state index in [9.17, 15) is 9.59 Å². The standard InChI is InChI=1S/C17H17N3O3S2/c21-15(8-11-4-2-1-3-5-11)19-17-18-13(10-24-17)14-7-6-12(25-14)9-16(22)20-23/h1-5,7,10,12,23H,6,8-9H2,(H,20,22)(H,18,19,21). The largest absolute Gasteiger partial charge is 0.302 e. The molecule has 1 atom stereocenters. The van der Waals surface area contributed by atoms with Crippen molar-refractivity contribution in [2.45, 2.75) is 24.5 Å². The molecule has 1 aromatic carbocycles. The average molecular weight is 375 g/mol. The van der Waals surface area contributed by atoms with Crippen LogP contribution in [0.25, 0.3) is 4.91 Å². The summed E-state index contributed by atoms with van der Waals surface area (Å²) in [4.78, 5) is 28.8. The molecule has 3 rings (SSSR count). The number of thioether (sulfide) groups is 1. The summed E-state index contributed by atoms with van der Waals surface area (Å²) >= 11 is 2.94. The number of nitrogens with zero attached hydrogens (tertiary/aromatic N) is 1. The maximum atomic E-state index is 12.1. The lowest BCUT2D eigenvalue weighted by atomic mass is 10.1. The van der Waals surface area contributed by atoms with E-state index >= 15 is 0 Å². The maximum absolute atomic E-state index is 12.1. The first-order chi connectivity index (χ1) is 12.1. The first-order valence-corrected chi connectivity index (χ1v) is 9.49. The molecule has 2 heterocycles. The van der Waals surface area contributed by atoms with E-state index in [0.717, 1.165) is 22.6 Å². The number of rotatable bonds is 6. The number of hydrogen-bond acceptors (Lipinski definition) is 6. The van der Waals surface area contributed by atoms with E-state index < -0.39 is 0 Å². The highest BCUT2D eigenvalue weighted by Crippen LogP contribution is 2.41. The van der Waals surface area contributed by atoms with Crippen LogP contribution in [0.5, 0.6) is 0 Å². The van der Waals surface area contributed by atoms with Crippen molar-refractivity contribution in [2.24, 2.45) is 0 Å². The Labute approximate surface area is 153 Å². The Morgan fingerprint density at radius 2 is 2.04 bits per heavy atom. The van der Waals surface area contributed by atoms with Crippen molar-refractivity contribution in [1.82, 2.24) is 10.5 Å². The van der Waals surface area contributed by atoms with Crippen molar-refractivity contribution >= 4 is 44.9 Å². The molecule has 130 valence electrons. The molecule has 2 aromatic rings. The van der Waals surface area contributed by atoms with Crippen LogP contribution >= 0.6 is 23.1 Å². The van der Waals surface area contributed by atoms with E-state index in [1.165, 1.54) is 11.3 Å². The predicted molar refractivity (Wildman–Crippen MR) is 99.4 cm³/mol. The second kappa shape index (κ2) is 8.28. The van der Waals surface area contributed by atoms with Gasteiger partial charge >= 0.3 is 0 Å². The van der Waals surface area contributed by atoms with Crippen LogP contribution in [0.1, 0.15) is 24.1 Å². The lowest BCUT2D eigenvalue weighted by Crippen LogP contribution is -2.22. The number of carbonyl (C=O) groups is 2. The summed E-state index contributed by atoms with van der Waals surface area (Å²) in [5.74, 6) is -0.489. The number of thiazole rings is 1. The zero-order valence-electron chi connectivity index (χ0n) is 13.3. The van der Waals surface area contributed by atoms with Crippen LogP contribution in [-0.2, 0) is 16.0 Å². The molecule has 3 N–H and O–H groups in total. The third-order valence-electron chi connectivity index (χ3n) is 3.61. The van der Waals surface area contributed by atoms with Gasteiger partial charge in [0.05, 0.1) is 12.1 Å². The molecular weight excluding hydrogens is 358 g/mol. The molecule has 1 aromatic heterocycles. The number of anilines is 1. The highest BCUT2D eigenvalue weighted by molar-refractivity contribution is 8.09. The van der Waals surface area contributed by atoms with E-state index in [0.29, 0.717) is 11.6 Å². The van der Waals surface area contributed by atoms with Gasteiger partial charge in [-0.15, -0.1) is 23.1 Å². The van der Waals surface area contributed by atoms with Gasteiger partial charge in [-0.1, -0.05) is 36.4 Å². The molecule has 0 saturated heterocycles. The van der Waals surface area contributed by atoms with Gasteiger partial charge in [0, 0.05) is 22.0 Å². The highest BCUT2D eigenvalue weighted by Gasteiger charge is 2.23. The summed E-state index contributed by atoms with van der Waals surface area (Å²) in [6.07, 6.45) is 3.35. The fraction of sp³-hybridized carbons (Fsp3) is 0.235. The number of hydrogen-bond donors (Lipinski definition) is 3. The molecule has 0 fully saturated rings. The molecule has 1 unspecified atom stereocenters. The predicted octanol–water partition coefficient (Wildman–Crippen LogP) is 3.07. The minimum absolute atomic E-state index is 0.0972. The van der Waals surface area contributed by atoms with Crippen molar-refractivity contribution < 1.29 is 14.8 Å². The number of benzene rings is 1. The lowest BCUT2D eigenvalue weighted by molar-refractivity contribution is -0.129. The summed E-state index contributed by atoms with van der Waals surface area (Å²) < 4.78 is 0. The smallest absolute Gasteiger partial charge is 0.244 e. The second-order valence-electron chi connectivity index (χ2n) is 5.53. The number of amides is 2. The normalized spacial score (nSPS) is 16.4. The van der Waals surface area contributed by atoms with E-state index in [-0.39, 0.29) is 23.5 Å². The summed E-state index contributed by atoms with van der Waals surface area (Å²) in [7, 11) is 0. The minimum Gasteiger partial charge on any atom is -0.302 e. The highest BCUT2D eigenvalue weighted by atomic mass is 32.2. The topological polar surface area (TPSA) is 91.3 Å². The number of aromatic nitrogens is 1. The summed E-state index contributed by atoms with van der Waals surface area (Å²) in [6.45, 7) is 0. The summed E-state index contributed by atoms with van der Waals surface area (Å²) in [6, 6.07) is 9.55. The van der Waals surface area contributed by atoms with Gasteiger partial charge < -0.3 is 5.32 Å². The van der Waals surface area contributed by atoms with E-state index in [1.807, 2.05) is 41.8 Å². The molecule has 0 saturated carbocycles. The van der Waals surface area contributed by atoms with Crippen LogP contribution in [-0.4, -0.2) is 27.3 Å². The Hall–Kier alpha value is -2.16. The molecule has 0 aliphatic carbocycles. The average Bonchev–Trinajstić information content (AvgIpc) is 3.25. The van der Waals surface area contributed by atoms with Crippen LogP contribution in [0.2, 0.25) is 0 Å². The molecule has 2 amide bonds. The van der Waals surface area contributed by atoms with Crippen LogP contribution < -0.4 is 10.8 Å². The lowest BCUT2D eigenvalue weighted by Gasteiger charge is -2.07. The van der Waals surface area contributed by atoms with Crippen LogP contribution in [0.3, 0.4) is 0 Å². The Morgan fingerprint density at radius 1 is 1.24 bits per heavy atom. The Bertz CT molecular complexity index is 789. The molecule has 25 heavy (non-hydrogen) atoms. The van der Waals surface area contributed by atoms with Crippen molar-refractivity contribution in [3.05, 3.63) is 53.0 Å². The zero-order chi connectivity index (χ0) is 17.6. The van der Waals surface area contributed by atoms with Gasteiger partial charge in [-0.2, -0.15) is 0 Å². The van der Waals surface area contributed by atoms with E-state index in [1.54, 1.807) is 17.2 Å². The van der Waals surface area contributed by atoms with Crippen molar-refractivity contribution in [1.29, 1.82) is 0 Å². The van der Waals surface area contributed by atoms with Gasteiger partial charge in [0.2, 0.25) is 11.8 Å². The fourth-order valence-corrected chi connectivity index (χ4v) is 4.45. The Kier molecular flexibility index (Phi) is 5.85. The van der Waals surface area contributed by atoms with E-state index in [4.69, 9.17) is 5.21 Å². The van der Waals surface area contributed by atoms with Crippen LogP contribution in [0.15, 0.2) is 41.8 Å². The molecule has 1 aliphatic heterocycles. The van der Waals surface area contributed by atoms with Crippen molar-refractivity contribution in [3.8, 4) is 0 Å². The molecule has 0 spiro atoms. The maximum Gasteiger partial charge on any atom is 0.244 e. The number of hydroxylamine groups is 1. The van der Waals surface area contributed by atoms with E-state index in [2.05, 4.69) is 10.3 Å². The zero-order valence-corrected chi connectivity index (χ0v) is 14.9. The second-order valence-corrected chi connectivity index (χ2v) is 7.73. The number of carbonyl (C=O) groups excluding carboxylic acids is 2. The van der Waals surface area contributed by atoms with Gasteiger partial charge in [-0.25, -0.2) is 10.5 Å². The van der Waals surface area contributed by atoms with Crippen LogP contribution in [0.4, 0.5) is 5.13 Å². The van der Waals surface area contributed by atoms with Gasteiger partial charge in [0.25, 0.3) is 0 Å². The molecule has 1 aliphatic rings. The van der Waals surface area contributed by atoms with Gasteiger partial charge in [-0.05, 0) is 12.0 Å². The third-order valence-corrected chi connectivity index (χ3v) is 5.69. The van der Waals surface area contributed by atoms with Gasteiger partial charge in [-0.3, -0.25) is 14.8 Å². The van der Waals surface area contributed by atoms with Gasteiger partial charge in [0.1, 0.15) is 0 Å². The number of allylic oxidation sites excluding steroid dienone is 1. The Balaban J connectivity index is 1.54. The molecule has 0 radical (unpaired) electrons. The fourth-order valence-electron chi connectivity index (χ4n) is 2.45. The first kappa shape index (κ1) is 17.7. The monoisotopic (exact) mass is 375 g/mol. The van der Waals surface area contributed by atoms with Crippen molar-refractivity contribution in [2.75, 3.05) is 5.32 Å². The molecule has 8 heteroatoms. The molecular formula is C17H17N3O3S2. The first-order valence-electron chi connectivity index (χ1n) is 7.73. The van der Waals surface area contributed by atoms with Gasteiger partial charge in [0.15, 0.2) is 5.13 Å². The Morgan fingerprint density at radius 3 is 2.80 bits per heavy atom. The molecule has 6 nitrogen and oxygen atoms in total. The summed E-state index contributed by atoms with van der Waals surface area (Å²) in [5, 5.41) is 14.0.